The number of fused-ring (bicyclic) bond motifs is 3. The number of carbonyl (C=O) groups is 1. The first-order chi connectivity index (χ1) is 15.6. The average Bonchev–Trinajstić information content (AvgIpc) is 3.27. The van der Waals surface area contributed by atoms with Crippen molar-refractivity contribution in [2.75, 3.05) is 45.3 Å². The zero-order chi connectivity index (χ0) is 22.2. The number of ether oxygens (including phenoxy) is 2. The van der Waals surface area contributed by atoms with Gasteiger partial charge in [0.25, 0.3) is 11.5 Å². The van der Waals surface area contributed by atoms with Gasteiger partial charge in [0.05, 0.1) is 25.1 Å². The minimum Gasteiger partial charge on any atom is -0.493 e. The molecule has 4 heterocycles. The van der Waals surface area contributed by atoms with Crippen molar-refractivity contribution in [2.45, 2.75) is 0 Å². The third-order valence-corrected chi connectivity index (χ3v) is 5.61. The van der Waals surface area contributed by atoms with E-state index in [0.717, 1.165) is 5.82 Å². The number of H-pyrrole nitrogens is 1. The van der Waals surface area contributed by atoms with Gasteiger partial charge < -0.3 is 19.3 Å². The van der Waals surface area contributed by atoms with E-state index in [4.69, 9.17) is 9.47 Å². The Labute approximate surface area is 182 Å². The number of pyridine rings is 1. The summed E-state index contributed by atoms with van der Waals surface area (Å²) in [4.78, 5) is 38.2. The van der Waals surface area contributed by atoms with Crippen LogP contribution >= 0.6 is 0 Å². The number of amides is 1. The quantitative estimate of drug-likeness (QED) is 0.503. The molecule has 0 unspecified atom stereocenters. The van der Waals surface area contributed by atoms with Crippen LogP contribution in [0.3, 0.4) is 0 Å². The molecule has 4 aromatic rings. The highest BCUT2D eigenvalue weighted by molar-refractivity contribution is 5.99. The molecule has 1 aliphatic rings. The molecule has 1 fully saturated rings. The van der Waals surface area contributed by atoms with E-state index in [0.29, 0.717) is 48.6 Å². The molecule has 0 bridgehead atoms. The highest BCUT2D eigenvalue weighted by atomic mass is 16.5. The van der Waals surface area contributed by atoms with Crippen molar-refractivity contribution < 1.29 is 14.3 Å². The molecular weight excluding hydrogens is 414 g/mol. The molecule has 1 aliphatic heterocycles. The minimum absolute atomic E-state index is 0.102. The molecule has 5 rings (SSSR count). The SMILES string of the molecule is COc1cc2c(=O)nc3c(C(=O)N4CCN(c5ccccn5)CC4)n[nH]n3c2cc1OC. The topological polar surface area (TPSA) is 118 Å². The molecule has 0 saturated carbocycles. The molecule has 164 valence electrons. The largest absolute Gasteiger partial charge is 0.493 e. The van der Waals surface area contributed by atoms with E-state index >= 15 is 0 Å². The van der Waals surface area contributed by atoms with Gasteiger partial charge >= 0.3 is 0 Å². The Balaban J connectivity index is 1.47. The van der Waals surface area contributed by atoms with Crippen LogP contribution in [-0.2, 0) is 0 Å². The number of hydrogen-bond donors (Lipinski definition) is 1. The summed E-state index contributed by atoms with van der Waals surface area (Å²) in [6.45, 7) is 2.32. The number of aromatic amines is 1. The Morgan fingerprint density at radius 1 is 1.06 bits per heavy atom. The molecule has 1 N–H and O–H groups in total. The van der Waals surface area contributed by atoms with Crippen molar-refractivity contribution >= 4 is 28.3 Å². The van der Waals surface area contributed by atoms with E-state index in [1.54, 1.807) is 23.2 Å². The van der Waals surface area contributed by atoms with Crippen molar-refractivity contribution in [3.63, 3.8) is 0 Å². The average molecular weight is 435 g/mol. The van der Waals surface area contributed by atoms with Crippen molar-refractivity contribution in [3.8, 4) is 11.5 Å². The van der Waals surface area contributed by atoms with Gasteiger partial charge in [0.2, 0.25) is 0 Å². The van der Waals surface area contributed by atoms with Crippen LogP contribution < -0.4 is 19.9 Å². The predicted octanol–water partition coefficient (Wildman–Crippen LogP) is 0.945. The van der Waals surface area contributed by atoms with Gasteiger partial charge in [-0.15, -0.1) is 5.10 Å². The number of nitrogens with one attached hydrogen (secondary N) is 1. The number of carbonyl (C=O) groups excluding carboxylic acids is 1. The summed E-state index contributed by atoms with van der Waals surface area (Å²) in [5.74, 6) is 1.47. The molecule has 1 amide bonds. The lowest BCUT2D eigenvalue weighted by atomic mass is 10.2. The standard InChI is InChI=1S/C21H21N7O4/c1-31-15-11-13-14(12-16(15)32-2)28-19(23-20(13)29)18(24-25-28)21(30)27-9-7-26(8-10-27)17-5-3-4-6-22-17/h3-6,11-12,25H,7-10H2,1-2H3. The maximum absolute atomic E-state index is 13.2. The normalized spacial score (nSPS) is 14.2. The number of hydrogen-bond acceptors (Lipinski definition) is 8. The first kappa shape index (κ1) is 19.8. The zero-order valence-corrected chi connectivity index (χ0v) is 17.6. The Morgan fingerprint density at radius 2 is 1.81 bits per heavy atom. The highest BCUT2D eigenvalue weighted by Crippen LogP contribution is 2.31. The molecule has 0 aliphatic carbocycles. The number of benzene rings is 1. The molecule has 11 heteroatoms. The van der Waals surface area contributed by atoms with Crippen LogP contribution in [0.1, 0.15) is 10.5 Å². The van der Waals surface area contributed by atoms with Gasteiger partial charge in [-0.05, 0) is 18.2 Å². The third kappa shape index (κ3) is 3.18. The van der Waals surface area contributed by atoms with Gasteiger partial charge in [-0.2, -0.15) is 4.98 Å². The van der Waals surface area contributed by atoms with Crippen LogP contribution in [0.4, 0.5) is 5.82 Å². The lowest BCUT2D eigenvalue weighted by molar-refractivity contribution is 0.0742. The summed E-state index contributed by atoms with van der Waals surface area (Å²) in [6, 6.07) is 8.98. The van der Waals surface area contributed by atoms with Crippen LogP contribution in [0, 0.1) is 0 Å². The molecule has 3 aromatic heterocycles. The van der Waals surface area contributed by atoms with Crippen molar-refractivity contribution in [1.82, 2.24) is 29.7 Å². The van der Waals surface area contributed by atoms with Gasteiger partial charge in [0.1, 0.15) is 5.82 Å². The van der Waals surface area contributed by atoms with E-state index in [1.807, 2.05) is 18.2 Å². The van der Waals surface area contributed by atoms with Gasteiger partial charge in [0, 0.05) is 38.4 Å². The number of anilines is 1. The second-order valence-electron chi connectivity index (χ2n) is 7.33. The van der Waals surface area contributed by atoms with Gasteiger partial charge in [0.15, 0.2) is 22.8 Å². The number of piperazine rings is 1. The van der Waals surface area contributed by atoms with Crippen LogP contribution in [0.5, 0.6) is 11.5 Å². The second-order valence-corrected chi connectivity index (χ2v) is 7.33. The Bertz CT molecular complexity index is 1360. The fraction of sp³-hybridized carbons (Fsp3) is 0.286. The molecule has 1 aromatic carbocycles. The summed E-state index contributed by atoms with van der Waals surface area (Å²) in [6.07, 6.45) is 1.75. The lowest BCUT2D eigenvalue weighted by Gasteiger charge is -2.35. The van der Waals surface area contributed by atoms with Gasteiger partial charge in [-0.3, -0.25) is 9.59 Å². The van der Waals surface area contributed by atoms with E-state index in [9.17, 15) is 9.59 Å². The van der Waals surface area contributed by atoms with Gasteiger partial charge in [-0.1, -0.05) is 6.07 Å². The number of nitrogens with zero attached hydrogens (tertiary/aromatic N) is 6. The number of aromatic nitrogens is 5. The summed E-state index contributed by atoms with van der Waals surface area (Å²) in [7, 11) is 3.01. The Morgan fingerprint density at radius 3 is 2.50 bits per heavy atom. The van der Waals surface area contributed by atoms with E-state index < -0.39 is 5.56 Å². The van der Waals surface area contributed by atoms with E-state index in [-0.39, 0.29) is 17.2 Å². The Hall–Kier alpha value is -4.15. The lowest BCUT2D eigenvalue weighted by Crippen LogP contribution is -2.49. The third-order valence-electron chi connectivity index (χ3n) is 5.61. The van der Waals surface area contributed by atoms with Crippen molar-refractivity contribution in [2.24, 2.45) is 0 Å². The Kier molecular flexibility index (Phi) is 4.85. The fourth-order valence-corrected chi connectivity index (χ4v) is 3.93. The fourth-order valence-electron chi connectivity index (χ4n) is 3.93. The van der Waals surface area contributed by atoms with Crippen LogP contribution in [-0.4, -0.2) is 76.0 Å². The van der Waals surface area contributed by atoms with E-state index in [1.165, 1.54) is 18.7 Å². The molecule has 32 heavy (non-hydrogen) atoms. The zero-order valence-electron chi connectivity index (χ0n) is 17.6. The van der Waals surface area contributed by atoms with Crippen LogP contribution in [0.2, 0.25) is 0 Å². The van der Waals surface area contributed by atoms with Crippen LogP contribution in [0.15, 0.2) is 41.3 Å². The number of rotatable bonds is 4. The predicted molar refractivity (Wildman–Crippen MR) is 117 cm³/mol. The maximum atomic E-state index is 13.2. The first-order valence-electron chi connectivity index (χ1n) is 10.1. The minimum atomic E-state index is -0.476. The maximum Gasteiger partial charge on any atom is 0.281 e. The second kappa shape index (κ2) is 7.84. The smallest absolute Gasteiger partial charge is 0.281 e. The molecular formula is C21H21N7O4. The summed E-state index contributed by atoms with van der Waals surface area (Å²) in [5, 5.41) is 7.31. The molecule has 0 spiro atoms. The van der Waals surface area contributed by atoms with Crippen LogP contribution in [0.25, 0.3) is 16.6 Å². The van der Waals surface area contributed by atoms with Crippen molar-refractivity contribution in [1.29, 1.82) is 0 Å². The molecule has 11 nitrogen and oxygen atoms in total. The number of methoxy groups -OCH3 is 2. The molecule has 0 atom stereocenters. The van der Waals surface area contributed by atoms with E-state index in [2.05, 4.69) is 25.2 Å². The van der Waals surface area contributed by atoms with Crippen molar-refractivity contribution in [3.05, 3.63) is 52.6 Å². The summed E-state index contributed by atoms with van der Waals surface area (Å²) in [5.41, 5.74) is 0.289. The molecule has 0 radical (unpaired) electrons. The summed E-state index contributed by atoms with van der Waals surface area (Å²) < 4.78 is 12.1. The van der Waals surface area contributed by atoms with Gasteiger partial charge in [-0.25, -0.2) is 14.7 Å². The monoisotopic (exact) mass is 435 g/mol. The highest BCUT2D eigenvalue weighted by Gasteiger charge is 2.27. The summed E-state index contributed by atoms with van der Waals surface area (Å²) >= 11 is 0. The first-order valence-corrected chi connectivity index (χ1v) is 10.1. The molecule has 1 saturated heterocycles.